The number of amides is 1. The van der Waals surface area contributed by atoms with Crippen LogP contribution in [-0.4, -0.2) is 26.9 Å². The molecule has 186 valence electrons. The van der Waals surface area contributed by atoms with Crippen LogP contribution in [0, 0.1) is 0 Å². The minimum absolute atomic E-state index is 0.267. The van der Waals surface area contributed by atoms with Crippen molar-refractivity contribution < 1.29 is 14.3 Å². The lowest BCUT2D eigenvalue weighted by atomic mass is 10.2. The van der Waals surface area contributed by atoms with Crippen molar-refractivity contribution in [3.05, 3.63) is 75.3 Å². The van der Waals surface area contributed by atoms with Crippen molar-refractivity contribution in [2.24, 2.45) is 0 Å². The number of carbonyl (C=O) groups excluding carboxylic acids is 1. The van der Waals surface area contributed by atoms with E-state index in [0.29, 0.717) is 21.7 Å². The van der Waals surface area contributed by atoms with Crippen LogP contribution in [0.3, 0.4) is 0 Å². The number of benzene rings is 2. The molecule has 4 aromatic rings. The number of rotatable bonds is 7. The highest BCUT2D eigenvalue weighted by Gasteiger charge is 2.17. The molecule has 4 rings (SSSR count). The molecular weight excluding hydrogens is 610 g/mol. The lowest BCUT2D eigenvalue weighted by Gasteiger charge is -2.19. The van der Waals surface area contributed by atoms with Gasteiger partial charge in [-0.05, 0) is 80.9 Å². The first-order valence-electron chi connectivity index (χ1n) is 10.9. The molecular formula is C25H23Br2N5O3S. The van der Waals surface area contributed by atoms with Crippen LogP contribution in [-0.2, 0) is 11.3 Å². The van der Waals surface area contributed by atoms with E-state index in [1.165, 1.54) is 11.3 Å². The van der Waals surface area contributed by atoms with E-state index >= 15 is 0 Å². The summed E-state index contributed by atoms with van der Waals surface area (Å²) >= 11 is 8.39. The second-order valence-electron chi connectivity index (χ2n) is 8.65. The number of anilines is 3. The summed E-state index contributed by atoms with van der Waals surface area (Å²) in [6.45, 7) is 5.68. The minimum atomic E-state index is -0.596. The summed E-state index contributed by atoms with van der Waals surface area (Å²) in [6.07, 6.45) is 1.05. The second-order valence-corrected chi connectivity index (χ2v) is 11.5. The third-order valence-electron chi connectivity index (χ3n) is 4.54. The van der Waals surface area contributed by atoms with Crippen LogP contribution in [0.15, 0.2) is 69.7 Å². The summed E-state index contributed by atoms with van der Waals surface area (Å²) in [6, 6.07) is 17.1. The third-order valence-corrected chi connectivity index (χ3v) is 6.43. The van der Waals surface area contributed by atoms with E-state index < -0.39 is 11.7 Å². The van der Waals surface area contributed by atoms with Crippen molar-refractivity contribution in [1.29, 1.82) is 0 Å². The van der Waals surface area contributed by atoms with E-state index in [9.17, 15) is 4.79 Å². The van der Waals surface area contributed by atoms with Gasteiger partial charge in [-0.1, -0.05) is 43.2 Å². The summed E-state index contributed by atoms with van der Waals surface area (Å²) in [5.74, 6) is 1.04. The Kier molecular flexibility index (Phi) is 8.22. The number of carbonyl (C=O) groups is 1. The van der Waals surface area contributed by atoms with Crippen LogP contribution in [0.25, 0.3) is 10.6 Å². The molecule has 2 heterocycles. The van der Waals surface area contributed by atoms with E-state index in [1.807, 2.05) is 48.5 Å². The van der Waals surface area contributed by atoms with Gasteiger partial charge in [0.1, 0.15) is 23.8 Å². The third kappa shape index (κ3) is 7.49. The normalized spacial score (nSPS) is 11.1. The predicted octanol–water partition coefficient (Wildman–Crippen LogP) is 7.79. The molecule has 11 heteroatoms. The van der Waals surface area contributed by atoms with Crippen molar-refractivity contribution in [2.75, 3.05) is 10.6 Å². The standard InChI is InChI=1S/C25H23Br2N5O3S/c1-25(2,3)35-24(33)30-21-12-15(10-11-28-21)14-34-20-9-6-17(27)13-19(20)22-31-32-23(36-22)29-18-7-4-16(26)5-8-18/h4-13H,14H2,1-3H3,(H,29,32)(H,28,30,33). The number of nitrogens with one attached hydrogen (secondary N) is 2. The first-order chi connectivity index (χ1) is 17.1. The van der Waals surface area contributed by atoms with E-state index in [0.717, 1.165) is 25.8 Å². The molecule has 36 heavy (non-hydrogen) atoms. The van der Waals surface area contributed by atoms with Gasteiger partial charge in [0.25, 0.3) is 0 Å². The van der Waals surface area contributed by atoms with Gasteiger partial charge in [-0.25, -0.2) is 9.78 Å². The van der Waals surface area contributed by atoms with Crippen LogP contribution in [0.2, 0.25) is 0 Å². The molecule has 2 aromatic carbocycles. The van der Waals surface area contributed by atoms with Crippen molar-refractivity contribution in [1.82, 2.24) is 15.2 Å². The highest BCUT2D eigenvalue weighted by atomic mass is 79.9. The van der Waals surface area contributed by atoms with E-state index in [4.69, 9.17) is 9.47 Å². The molecule has 0 spiro atoms. The van der Waals surface area contributed by atoms with Crippen molar-refractivity contribution in [3.63, 3.8) is 0 Å². The minimum Gasteiger partial charge on any atom is -0.488 e. The van der Waals surface area contributed by atoms with Crippen LogP contribution < -0.4 is 15.4 Å². The summed E-state index contributed by atoms with van der Waals surface area (Å²) in [5, 5.41) is 15.9. The summed E-state index contributed by atoms with van der Waals surface area (Å²) < 4.78 is 13.3. The molecule has 0 saturated carbocycles. The van der Waals surface area contributed by atoms with Gasteiger partial charge in [0.2, 0.25) is 5.13 Å². The number of nitrogens with zero attached hydrogens (tertiary/aromatic N) is 3. The van der Waals surface area contributed by atoms with Gasteiger partial charge in [-0.3, -0.25) is 5.32 Å². The first-order valence-corrected chi connectivity index (χ1v) is 13.3. The molecule has 1 amide bonds. The SMILES string of the molecule is CC(C)(C)OC(=O)Nc1cc(COc2ccc(Br)cc2-c2nnc(Nc3ccc(Br)cc3)s2)ccn1. The monoisotopic (exact) mass is 631 g/mol. The average molecular weight is 633 g/mol. The Labute approximate surface area is 229 Å². The average Bonchev–Trinajstić information content (AvgIpc) is 3.27. The largest absolute Gasteiger partial charge is 0.488 e. The Bertz CT molecular complexity index is 1360. The number of halogens is 2. The lowest BCUT2D eigenvalue weighted by Crippen LogP contribution is -2.27. The topological polar surface area (TPSA) is 98.3 Å². The molecule has 0 aliphatic carbocycles. The number of hydrogen-bond donors (Lipinski definition) is 2. The van der Waals surface area contributed by atoms with Gasteiger partial charge in [-0.15, -0.1) is 10.2 Å². The van der Waals surface area contributed by atoms with Crippen molar-refractivity contribution >= 4 is 65.9 Å². The molecule has 0 aliphatic rings. The predicted molar refractivity (Wildman–Crippen MR) is 149 cm³/mol. The molecule has 0 saturated heterocycles. The Morgan fingerprint density at radius 3 is 2.50 bits per heavy atom. The number of pyridine rings is 1. The second kappa shape index (κ2) is 11.4. The fourth-order valence-electron chi connectivity index (χ4n) is 3.04. The Balaban J connectivity index is 1.46. The van der Waals surface area contributed by atoms with Gasteiger partial charge in [0.15, 0.2) is 5.01 Å². The van der Waals surface area contributed by atoms with Gasteiger partial charge >= 0.3 is 6.09 Å². The summed E-state index contributed by atoms with van der Waals surface area (Å²) in [5.41, 5.74) is 1.97. The fourth-order valence-corrected chi connectivity index (χ4v) is 4.45. The highest BCUT2D eigenvalue weighted by Crippen LogP contribution is 2.37. The van der Waals surface area contributed by atoms with Crippen LogP contribution in [0.1, 0.15) is 26.3 Å². The number of aromatic nitrogens is 3. The van der Waals surface area contributed by atoms with Gasteiger partial charge in [-0.2, -0.15) is 0 Å². The number of hydrogen-bond acceptors (Lipinski definition) is 8. The molecule has 2 N–H and O–H groups in total. The van der Waals surface area contributed by atoms with Gasteiger partial charge < -0.3 is 14.8 Å². The van der Waals surface area contributed by atoms with Crippen LogP contribution >= 0.6 is 43.2 Å². The van der Waals surface area contributed by atoms with E-state index in [1.54, 1.807) is 33.0 Å². The highest BCUT2D eigenvalue weighted by molar-refractivity contribution is 9.10. The maximum absolute atomic E-state index is 12.1. The maximum Gasteiger partial charge on any atom is 0.413 e. The van der Waals surface area contributed by atoms with Crippen LogP contribution in [0.4, 0.5) is 21.4 Å². The smallest absolute Gasteiger partial charge is 0.413 e. The van der Waals surface area contributed by atoms with Crippen LogP contribution in [0.5, 0.6) is 5.75 Å². The molecule has 8 nitrogen and oxygen atoms in total. The fraction of sp³-hybridized carbons (Fsp3) is 0.200. The van der Waals surface area contributed by atoms with E-state index in [-0.39, 0.29) is 6.61 Å². The zero-order valence-corrected chi connectivity index (χ0v) is 23.7. The summed E-state index contributed by atoms with van der Waals surface area (Å²) in [4.78, 5) is 16.2. The first kappa shape index (κ1) is 26.1. The molecule has 0 bridgehead atoms. The Morgan fingerprint density at radius 1 is 1.00 bits per heavy atom. The summed E-state index contributed by atoms with van der Waals surface area (Å²) in [7, 11) is 0. The number of ether oxygens (including phenoxy) is 2. The Hall–Kier alpha value is -3.02. The molecule has 0 unspecified atom stereocenters. The Morgan fingerprint density at radius 2 is 1.75 bits per heavy atom. The quantitative estimate of drug-likeness (QED) is 0.214. The molecule has 0 aliphatic heterocycles. The maximum atomic E-state index is 12.1. The molecule has 0 atom stereocenters. The van der Waals surface area contributed by atoms with Crippen molar-refractivity contribution in [2.45, 2.75) is 33.0 Å². The zero-order chi connectivity index (χ0) is 25.7. The van der Waals surface area contributed by atoms with Gasteiger partial charge in [0.05, 0.1) is 5.56 Å². The molecule has 0 fully saturated rings. The van der Waals surface area contributed by atoms with Gasteiger partial charge in [0, 0.05) is 20.8 Å². The lowest BCUT2D eigenvalue weighted by molar-refractivity contribution is 0.0635. The van der Waals surface area contributed by atoms with Crippen molar-refractivity contribution in [3.8, 4) is 16.3 Å². The molecule has 2 aromatic heterocycles. The molecule has 0 radical (unpaired) electrons. The zero-order valence-electron chi connectivity index (χ0n) is 19.7. The van der Waals surface area contributed by atoms with E-state index in [2.05, 4.69) is 57.7 Å².